The van der Waals surface area contributed by atoms with Crippen molar-refractivity contribution in [1.29, 1.82) is 0 Å². The van der Waals surface area contributed by atoms with Crippen molar-refractivity contribution in [3.05, 3.63) is 92.0 Å². The average Bonchev–Trinajstić information content (AvgIpc) is 3.73. The Bertz CT molecular complexity index is 1650. The highest BCUT2D eigenvalue weighted by atomic mass is 35.5. The monoisotopic (exact) mass is 630 g/mol. The Kier molecular flexibility index (Phi) is 8.04. The van der Waals surface area contributed by atoms with E-state index >= 15 is 0 Å². The molecule has 5 aromatic rings. The summed E-state index contributed by atoms with van der Waals surface area (Å²) in [4.78, 5) is 21.9. The van der Waals surface area contributed by atoms with Crippen LogP contribution in [0.25, 0.3) is 17.3 Å². The molecule has 1 amide bonds. The largest absolute Gasteiger partial charge is 0.461 e. The molecule has 4 heterocycles. The van der Waals surface area contributed by atoms with Crippen molar-refractivity contribution in [1.82, 2.24) is 24.6 Å². The van der Waals surface area contributed by atoms with Gasteiger partial charge in [0.15, 0.2) is 10.9 Å². The highest BCUT2D eigenvalue weighted by Gasteiger charge is 2.25. The quantitative estimate of drug-likeness (QED) is 0.176. The number of piperazine rings is 1. The number of halogens is 3. The fourth-order valence-electron chi connectivity index (χ4n) is 4.43. The van der Waals surface area contributed by atoms with E-state index in [4.69, 9.17) is 39.2 Å². The van der Waals surface area contributed by atoms with E-state index in [0.717, 1.165) is 15.7 Å². The van der Waals surface area contributed by atoms with Crippen LogP contribution in [0.1, 0.15) is 15.5 Å². The van der Waals surface area contributed by atoms with Gasteiger partial charge in [-0.1, -0.05) is 58.7 Å². The number of carbonyl (C=O) groups is 1. The predicted molar refractivity (Wildman–Crippen MR) is 160 cm³/mol. The van der Waals surface area contributed by atoms with Gasteiger partial charge in [-0.15, -0.1) is 21.5 Å². The zero-order valence-corrected chi connectivity index (χ0v) is 24.7. The van der Waals surface area contributed by atoms with Gasteiger partial charge in [-0.3, -0.25) is 9.36 Å². The van der Waals surface area contributed by atoms with Crippen LogP contribution in [0.4, 0.5) is 5.69 Å². The number of rotatable bonds is 7. The second-order valence-electron chi connectivity index (χ2n) is 8.86. The fraction of sp³-hybridized carbons (Fsp3) is 0.185. The number of hydrogen-bond acceptors (Lipinski definition) is 8. The number of thiazole rings is 1. The standard InChI is InChI=1S/C27H21Cl3N6O2S2/c28-17-7-8-22(19(30)14-17)36-25(23-6-3-13-38-23)32-33-27(36)40-16-24-31-20(15-39-24)26(37)35-11-9-34(10-12-35)21-5-2-1-4-18(21)29/h1-8,13-15H,9-12,16H2. The van der Waals surface area contributed by atoms with Gasteiger partial charge in [-0.25, -0.2) is 4.98 Å². The summed E-state index contributed by atoms with van der Waals surface area (Å²) in [5.41, 5.74) is 2.12. The Labute approximate surface area is 253 Å². The number of para-hydroxylation sites is 1. The molecule has 0 saturated carbocycles. The molecule has 0 atom stereocenters. The molecule has 1 saturated heterocycles. The zero-order chi connectivity index (χ0) is 27.6. The van der Waals surface area contributed by atoms with Gasteiger partial charge in [0, 0.05) is 36.6 Å². The summed E-state index contributed by atoms with van der Waals surface area (Å²) in [5.74, 6) is 1.51. The van der Waals surface area contributed by atoms with Crippen molar-refractivity contribution in [2.75, 3.05) is 31.1 Å². The molecule has 0 spiro atoms. The van der Waals surface area contributed by atoms with E-state index in [2.05, 4.69) is 20.1 Å². The van der Waals surface area contributed by atoms with Gasteiger partial charge >= 0.3 is 0 Å². The van der Waals surface area contributed by atoms with E-state index in [-0.39, 0.29) is 5.91 Å². The molecular formula is C27H21Cl3N6O2S2. The van der Waals surface area contributed by atoms with Crippen molar-refractivity contribution >= 4 is 69.5 Å². The lowest BCUT2D eigenvalue weighted by Gasteiger charge is -2.36. The molecule has 204 valence electrons. The molecule has 2 aromatic carbocycles. The first-order valence-corrected chi connectivity index (χ1v) is 15.3. The van der Waals surface area contributed by atoms with Crippen LogP contribution < -0.4 is 4.90 Å². The zero-order valence-electron chi connectivity index (χ0n) is 20.8. The van der Waals surface area contributed by atoms with Crippen LogP contribution in [-0.4, -0.2) is 56.7 Å². The summed E-state index contributed by atoms with van der Waals surface area (Å²) >= 11 is 21.9. The Morgan fingerprint density at radius 1 is 0.950 bits per heavy atom. The van der Waals surface area contributed by atoms with Gasteiger partial charge in [0.2, 0.25) is 5.82 Å². The van der Waals surface area contributed by atoms with E-state index in [1.54, 1.807) is 24.5 Å². The van der Waals surface area contributed by atoms with Crippen molar-refractivity contribution in [2.45, 2.75) is 10.9 Å². The summed E-state index contributed by atoms with van der Waals surface area (Å²) in [7, 11) is 0. The molecular weight excluding hydrogens is 611 g/mol. The van der Waals surface area contributed by atoms with Crippen LogP contribution >= 0.6 is 57.9 Å². The number of anilines is 1. The molecule has 8 nitrogen and oxygen atoms in total. The van der Waals surface area contributed by atoms with Crippen molar-refractivity contribution in [2.24, 2.45) is 0 Å². The van der Waals surface area contributed by atoms with Crippen LogP contribution in [0.5, 0.6) is 0 Å². The third-order valence-corrected chi connectivity index (χ3v) is 9.21. The van der Waals surface area contributed by atoms with Crippen LogP contribution in [-0.2, 0) is 5.75 Å². The number of benzene rings is 2. The van der Waals surface area contributed by atoms with Gasteiger partial charge in [0.25, 0.3) is 5.91 Å². The highest BCUT2D eigenvalue weighted by Crippen LogP contribution is 2.34. The normalized spacial score (nSPS) is 13.7. The summed E-state index contributed by atoms with van der Waals surface area (Å²) < 4.78 is 7.42. The van der Waals surface area contributed by atoms with Gasteiger partial charge in [0.05, 0.1) is 33.4 Å². The van der Waals surface area contributed by atoms with E-state index in [1.165, 1.54) is 23.1 Å². The summed E-state index contributed by atoms with van der Waals surface area (Å²) in [6.07, 6.45) is 1.58. The first-order chi connectivity index (χ1) is 19.5. The first kappa shape index (κ1) is 27.2. The molecule has 6 rings (SSSR count). The van der Waals surface area contributed by atoms with E-state index in [9.17, 15) is 4.79 Å². The number of amides is 1. The number of thioether (sulfide) groups is 1. The third-order valence-electron chi connectivity index (χ3n) is 6.38. The minimum atomic E-state index is -0.0671. The lowest BCUT2D eigenvalue weighted by Crippen LogP contribution is -2.49. The van der Waals surface area contributed by atoms with Gasteiger partial charge in [-0.05, 0) is 42.5 Å². The predicted octanol–water partition coefficient (Wildman–Crippen LogP) is 7.20. The molecule has 0 radical (unpaired) electrons. The fourth-order valence-corrected chi connectivity index (χ4v) is 6.91. The van der Waals surface area contributed by atoms with Crippen molar-refractivity contribution in [3.63, 3.8) is 0 Å². The number of hydrogen-bond donors (Lipinski definition) is 0. The molecule has 1 aliphatic rings. The molecule has 40 heavy (non-hydrogen) atoms. The minimum absolute atomic E-state index is 0.0671. The van der Waals surface area contributed by atoms with Crippen LogP contribution in [0.3, 0.4) is 0 Å². The maximum Gasteiger partial charge on any atom is 0.273 e. The van der Waals surface area contributed by atoms with Gasteiger partial charge in [-0.2, -0.15) is 0 Å². The maximum absolute atomic E-state index is 13.2. The second kappa shape index (κ2) is 11.8. The number of nitrogens with zero attached hydrogens (tertiary/aromatic N) is 6. The van der Waals surface area contributed by atoms with Gasteiger partial charge in [0.1, 0.15) is 10.7 Å². The Hall–Kier alpha value is -3.02. The molecule has 0 unspecified atom stereocenters. The van der Waals surface area contributed by atoms with E-state index in [0.29, 0.717) is 70.1 Å². The van der Waals surface area contributed by atoms with Crippen LogP contribution in [0, 0.1) is 0 Å². The molecule has 0 bridgehead atoms. The Morgan fingerprint density at radius 2 is 1.77 bits per heavy atom. The number of carbonyl (C=O) groups excluding carboxylic acids is 1. The molecule has 0 aliphatic carbocycles. The molecule has 1 aliphatic heterocycles. The number of furan rings is 1. The lowest BCUT2D eigenvalue weighted by atomic mass is 10.2. The minimum Gasteiger partial charge on any atom is -0.461 e. The Morgan fingerprint density at radius 3 is 2.52 bits per heavy atom. The summed E-state index contributed by atoms with van der Waals surface area (Å²) in [5, 5.41) is 13.7. The van der Waals surface area contributed by atoms with Crippen LogP contribution in [0.15, 0.2) is 75.8 Å². The molecule has 3 aromatic heterocycles. The first-order valence-electron chi connectivity index (χ1n) is 12.3. The third kappa shape index (κ3) is 5.59. The Balaban J connectivity index is 1.15. The lowest BCUT2D eigenvalue weighted by molar-refractivity contribution is 0.0741. The van der Waals surface area contributed by atoms with Crippen molar-refractivity contribution in [3.8, 4) is 17.3 Å². The highest BCUT2D eigenvalue weighted by molar-refractivity contribution is 7.98. The molecule has 13 heteroatoms. The van der Waals surface area contributed by atoms with E-state index in [1.807, 2.05) is 51.2 Å². The average molecular weight is 632 g/mol. The van der Waals surface area contributed by atoms with Crippen LogP contribution in [0.2, 0.25) is 15.1 Å². The molecule has 0 N–H and O–H groups in total. The smallest absolute Gasteiger partial charge is 0.273 e. The van der Waals surface area contributed by atoms with E-state index < -0.39 is 0 Å². The maximum atomic E-state index is 13.2. The molecule has 1 fully saturated rings. The SMILES string of the molecule is O=C(c1csc(CSc2nnc(-c3ccco3)n2-c2ccc(Cl)cc2Cl)n1)N1CCN(c2ccccc2Cl)CC1. The number of aromatic nitrogens is 4. The second-order valence-corrected chi connectivity index (χ2v) is 12.0. The van der Waals surface area contributed by atoms with Gasteiger partial charge < -0.3 is 14.2 Å². The topological polar surface area (TPSA) is 80.3 Å². The summed E-state index contributed by atoms with van der Waals surface area (Å²) in [6.45, 7) is 2.63. The van der Waals surface area contributed by atoms with Crippen molar-refractivity contribution < 1.29 is 9.21 Å². The summed E-state index contributed by atoms with van der Waals surface area (Å²) in [6, 6.07) is 16.6.